The summed E-state index contributed by atoms with van der Waals surface area (Å²) < 4.78 is 0.990. The van der Waals surface area contributed by atoms with Crippen LogP contribution in [0, 0.1) is 0 Å². The molecule has 1 atom stereocenters. The van der Waals surface area contributed by atoms with E-state index in [0.717, 1.165) is 26.2 Å². The average Bonchev–Trinajstić information content (AvgIpc) is 3.41. The zero-order valence-corrected chi connectivity index (χ0v) is 25.3. The quantitative estimate of drug-likeness (QED) is 0.162. The van der Waals surface area contributed by atoms with Gasteiger partial charge in [0.15, 0.2) is 5.13 Å². The SMILES string of the molecule is O=C(Nc1ccc(SC(C(=O)Nc2nc(-c3ccc(Br)cc3)cs2)c2ccccc2)cc1)c1ccc(Cl)cc1Cl. The van der Waals surface area contributed by atoms with E-state index < -0.39 is 5.25 Å². The molecule has 0 saturated heterocycles. The lowest BCUT2D eigenvalue weighted by atomic mass is 10.1. The maximum absolute atomic E-state index is 13.5. The van der Waals surface area contributed by atoms with Gasteiger partial charge in [-0.2, -0.15) is 0 Å². The number of anilines is 2. The van der Waals surface area contributed by atoms with Crippen molar-refractivity contribution in [3.8, 4) is 11.3 Å². The number of aromatic nitrogens is 1. The van der Waals surface area contributed by atoms with Crippen LogP contribution in [0.4, 0.5) is 10.8 Å². The number of hydrogen-bond donors (Lipinski definition) is 2. The van der Waals surface area contributed by atoms with E-state index in [-0.39, 0.29) is 16.8 Å². The number of benzene rings is 4. The summed E-state index contributed by atoms with van der Waals surface area (Å²) in [6.45, 7) is 0. The van der Waals surface area contributed by atoms with Crippen LogP contribution in [0.3, 0.4) is 0 Å². The first kappa shape index (κ1) is 28.4. The fourth-order valence-corrected chi connectivity index (χ4v) is 6.29. The Kier molecular flexibility index (Phi) is 9.24. The minimum absolute atomic E-state index is 0.178. The van der Waals surface area contributed by atoms with Crippen LogP contribution in [0.15, 0.2) is 112 Å². The molecule has 0 aliphatic heterocycles. The van der Waals surface area contributed by atoms with Gasteiger partial charge in [0.1, 0.15) is 5.25 Å². The van der Waals surface area contributed by atoms with Gasteiger partial charge in [-0.05, 0) is 60.2 Å². The van der Waals surface area contributed by atoms with Gasteiger partial charge in [-0.1, -0.05) is 81.6 Å². The molecule has 0 bridgehead atoms. The van der Waals surface area contributed by atoms with Crippen LogP contribution >= 0.6 is 62.2 Å². The van der Waals surface area contributed by atoms with Gasteiger partial charge in [-0.25, -0.2) is 4.98 Å². The number of amides is 2. The second-order valence-corrected chi connectivity index (χ2v) is 12.3. The van der Waals surface area contributed by atoms with E-state index in [1.165, 1.54) is 29.2 Å². The van der Waals surface area contributed by atoms with Crippen molar-refractivity contribution < 1.29 is 9.59 Å². The fraction of sp³-hybridized carbons (Fsp3) is 0.0333. The van der Waals surface area contributed by atoms with E-state index in [9.17, 15) is 9.59 Å². The van der Waals surface area contributed by atoms with E-state index in [1.54, 1.807) is 24.3 Å². The first-order valence-corrected chi connectivity index (χ1v) is 15.3. The van der Waals surface area contributed by atoms with Crippen LogP contribution < -0.4 is 10.6 Å². The maximum atomic E-state index is 13.5. The van der Waals surface area contributed by atoms with E-state index in [2.05, 4.69) is 31.5 Å². The zero-order valence-electron chi connectivity index (χ0n) is 20.6. The Bertz CT molecular complexity index is 1650. The number of halogens is 3. The minimum atomic E-state index is -0.519. The Hall–Kier alpha value is -3.14. The second-order valence-electron chi connectivity index (χ2n) is 8.55. The monoisotopic (exact) mass is 667 g/mol. The van der Waals surface area contributed by atoms with Crippen LogP contribution in [0.25, 0.3) is 11.3 Å². The third-order valence-corrected chi connectivity index (χ3v) is 8.86. The summed E-state index contributed by atoms with van der Waals surface area (Å²) in [5.74, 6) is -0.516. The Morgan fingerprint density at radius 2 is 1.60 bits per heavy atom. The van der Waals surface area contributed by atoms with Gasteiger partial charge >= 0.3 is 0 Å². The summed E-state index contributed by atoms with van der Waals surface area (Å²) in [6, 6.07) is 29.5. The number of rotatable bonds is 8. The minimum Gasteiger partial charge on any atom is -0.322 e. The number of nitrogens with one attached hydrogen (secondary N) is 2. The highest BCUT2D eigenvalue weighted by Crippen LogP contribution is 2.37. The van der Waals surface area contributed by atoms with E-state index in [0.29, 0.717) is 21.4 Å². The molecule has 4 aromatic carbocycles. The van der Waals surface area contributed by atoms with Crippen molar-refractivity contribution in [1.29, 1.82) is 0 Å². The number of nitrogens with zero attached hydrogens (tertiary/aromatic N) is 1. The number of carbonyl (C=O) groups excluding carboxylic acids is 2. The van der Waals surface area contributed by atoms with Gasteiger partial charge in [0, 0.05) is 31.0 Å². The topological polar surface area (TPSA) is 71.1 Å². The molecule has 0 saturated carbocycles. The predicted molar refractivity (Wildman–Crippen MR) is 170 cm³/mol. The van der Waals surface area contributed by atoms with Crippen molar-refractivity contribution in [2.75, 3.05) is 10.6 Å². The van der Waals surface area contributed by atoms with Crippen LogP contribution in [-0.4, -0.2) is 16.8 Å². The molecule has 5 nitrogen and oxygen atoms in total. The largest absolute Gasteiger partial charge is 0.322 e. The molecule has 0 aliphatic rings. The molecule has 0 radical (unpaired) electrons. The maximum Gasteiger partial charge on any atom is 0.257 e. The van der Waals surface area contributed by atoms with Crippen LogP contribution in [-0.2, 0) is 4.79 Å². The van der Waals surface area contributed by atoms with Gasteiger partial charge in [0.2, 0.25) is 5.91 Å². The predicted octanol–water partition coefficient (Wildman–Crippen LogP) is 9.60. The Labute approximate surface area is 258 Å². The molecule has 2 N–H and O–H groups in total. The van der Waals surface area contributed by atoms with Gasteiger partial charge in [0.05, 0.1) is 16.3 Å². The van der Waals surface area contributed by atoms with Gasteiger partial charge in [-0.15, -0.1) is 23.1 Å². The summed E-state index contributed by atoms with van der Waals surface area (Å²) in [6.07, 6.45) is 0. The first-order valence-electron chi connectivity index (χ1n) is 12.0. The van der Waals surface area contributed by atoms with Gasteiger partial charge < -0.3 is 10.6 Å². The van der Waals surface area contributed by atoms with Crippen LogP contribution in [0.1, 0.15) is 21.2 Å². The molecular weight excluding hydrogens is 649 g/mol. The summed E-state index contributed by atoms with van der Waals surface area (Å²) in [5, 5.41) is 8.50. The molecule has 40 heavy (non-hydrogen) atoms. The summed E-state index contributed by atoms with van der Waals surface area (Å²) in [7, 11) is 0. The molecule has 0 fully saturated rings. The molecule has 1 heterocycles. The Balaban J connectivity index is 1.29. The Morgan fingerprint density at radius 3 is 2.30 bits per heavy atom. The van der Waals surface area contributed by atoms with Crippen molar-refractivity contribution in [2.45, 2.75) is 10.1 Å². The highest BCUT2D eigenvalue weighted by molar-refractivity contribution is 9.10. The molecule has 2 amide bonds. The zero-order chi connectivity index (χ0) is 28.1. The smallest absolute Gasteiger partial charge is 0.257 e. The molecule has 200 valence electrons. The number of carbonyl (C=O) groups is 2. The molecule has 1 unspecified atom stereocenters. The van der Waals surface area contributed by atoms with Crippen molar-refractivity contribution >= 4 is 84.9 Å². The van der Waals surface area contributed by atoms with Gasteiger partial charge in [-0.3, -0.25) is 9.59 Å². The molecule has 1 aromatic heterocycles. The number of thioether (sulfide) groups is 1. The van der Waals surface area contributed by atoms with Crippen molar-refractivity contribution in [1.82, 2.24) is 4.98 Å². The summed E-state index contributed by atoms with van der Waals surface area (Å²) >= 11 is 18.3. The molecule has 0 spiro atoms. The van der Waals surface area contributed by atoms with E-state index in [4.69, 9.17) is 23.2 Å². The standard InChI is InChI=1S/C30H20BrCl2N3O2S2/c31-20-8-6-18(7-9-20)26-17-39-30(35-26)36-29(38)27(19-4-2-1-3-5-19)40-23-13-11-22(12-14-23)34-28(37)24-15-10-21(32)16-25(24)33/h1-17,27H,(H,34,37)(H,35,36,38). The van der Waals surface area contributed by atoms with Crippen molar-refractivity contribution in [3.05, 3.63) is 128 Å². The number of hydrogen-bond acceptors (Lipinski definition) is 5. The fourth-order valence-electron chi connectivity index (χ4n) is 3.78. The van der Waals surface area contributed by atoms with Crippen molar-refractivity contribution in [2.24, 2.45) is 0 Å². The highest BCUT2D eigenvalue weighted by Gasteiger charge is 2.23. The molecule has 10 heteroatoms. The lowest BCUT2D eigenvalue weighted by Crippen LogP contribution is -2.19. The molecule has 5 aromatic rings. The lowest BCUT2D eigenvalue weighted by Gasteiger charge is -2.16. The second kappa shape index (κ2) is 13.0. The molecule has 0 aliphatic carbocycles. The third-order valence-electron chi connectivity index (χ3n) is 5.76. The number of thiazole rings is 1. The van der Waals surface area contributed by atoms with E-state index in [1.807, 2.05) is 72.1 Å². The molecular formula is C30H20BrCl2N3O2S2. The van der Waals surface area contributed by atoms with Crippen molar-refractivity contribution in [3.63, 3.8) is 0 Å². The molecule has 5 rings (SSSR count). The summed E-state index contributed by atoms with van der Waals surface area (Å²) in [5.41, 5.74) is 3.57. The third kappa shape index (κ3) is 7.13. The lowest BCUT2D eigenvalue weighted by molar-refractivity contribution is -0.115. The highest BCUT2D eigenvalue weighted by atomic mass is 79.9. The van der Waals surface area contributed by atoms with Crippen LogP contribution in [0.5, 0.6) is 0 Å². The summed E-state index contributed by atoms with van der Waals surface area (Å²) in [4.78, 5) is 31.6. The average molecular weight is 669 g/mol. The Morgan fingerprint density at radius 1 is 0.875 bits per heavy atom. The normalized spacial score (nSPS) is 11.6. The van der Waals surface area contributed by atoms with Crippen LogP contribution in [0.2, 0.25) is 10.0 Å². The first-order chi connectivity index (χ1) is 19.4. The van der Waals surface area contributed by atoms with E-state index >= 15 is 0 Å². The van der Waals surface area contributed by atoms with Gasteiger partial charge in [0.25, 0.3) is 5.91 Å².